The number of aromatic nitrogens is 1. The van der Waals surface area contributed by atoms with Crippen LogP contribution < -0.4 is 0 Å². The SMILES string of the molecule is O=C(C1CC1)N1CCN(CN2C(=O)C3(CCCC3)N=C2c2ccc(-c3ccc4cnccc4c3)cc2)C1. The summed E-state index contributed by atoms with van der Waals surface area (Å²) in [6.07, 6.45) is 9.47. The lowest BCUT2D eigenvalue weighted by Crippen LogP contribution is -2.47. The molecule has 37 heavy (non-hydrogen) atoms. The fraction of sp³-hybridized carbons (Fsp3) is 0.400. The molecule has 2 saturated carbocycles. The maximum Gasteiger partial charge on any atom is 0.257 e. The Hall–Kier alpha value is -3.58. The van der Waals surface area contributed by atoms with Crippen molar-refractivity contribution >= 4 is 28.4 Å². The van der Waals surface area contributed by atoms with Crippen LogP contribution in [0.1, 0.15) is 44.1 Å². The van der Waals surface area contributed by atoms with E-state index in [1.54, 1.807) is 0 Å². The van der Waals surface area contributed by atoms with Crippen molar-refractivity contribution in [3.8, 4) is 11.1 Å². The number of amides is 2. The quantitative estimate of drug-likeness (QED) is 0.532. The van der Waals surface area contributed by atoms with E-state index in [9.17, 15) is 9.59 Å². The van der Waals surface area contributed by atoms with E-state index in [0.29, 0.717) is 13.3 Å². The topological polar surface area (TPSA) is 69.1 Å². The lowest BCUT2D eigenvalue weighted by atomic mass is 9.98. The molecule has 2 amide bonds. The Morgan fingerprint density at radius 3 is 2.46 bits per heavy atom. The van der Waals surface area contributed by atoms with Crippen LogP contribution in [-0.4, -0.2) is 69.3 Å². The van der Waals surface area contributed by atoms with Gasteiger partial charge in [-0.05, 0) is 54.3 Å². The highest BCUT2D eigenvalue weighted by Gasteiger charge is 2.50. The summed E-state index contributed by atoms with van der Waals surface area (Å²) in [6, 6.07) is 16.9. The number of rotatable bonds is 5. The Kier molecular flexibility index (Phi) is 5.36. The Labute approximate surface area is 216 Å². The van der Waals surface area contributed by atoms with E-state index in [1.807, 2.05) is 28.3 Å². The molecule has 3 aromatic rings. The van der Waals surface area contributed by atoms with Gasteiger partial charge in [0.15, 0.2) is 0 Å². The van der Waals surface area contributed by atoms with E-state index in [-0.39, 0.29) is 17.7 Å². The van der Waals surface area contributed by atoms with Crippen LogP contribution in [-0.2, 0) is 9.59 Å². The van der Waals surface area contributed by atoms with Crippen molar-refractivity contribution in [1.82, 2.24) is 19.7 Å². The summed E-state index contributed by atoms with van der Waals surface area (Å²) in [5, 5.41) is 2.29. The Morgan fingerprint density at radius 1 is 0.919 bits per heavy atom. The Bertz CT molecular complexity index is 1400. The van der Waals surface area contributed by atoms with Gasteiger partial charge in [-0.2, -0.15) is 0 Å². The molecule has 3 heterocycles. The molecule has 0 atom stereocenters. The maximum atomic E-state index is 13.7. The van der Waals surface area contributed by atoms with Crippen LogP contribution in [0.5, 0.6) is 0 Å². The second-order valence-corrected chi connectivity index (χ2v) is 11.0. The molecule has 1 spiro atoms. The first-order valence-corrected chi connectivity index (χ1v) is 13.5. The summed E-state index contributed by atoms with van der Waals surface area (Å²) >= 11 is 0. The molecule has 0 N–H and O–H groups in total. The zero-order valence-electron chi connectivity index (χ0n) is 21.0. The van der Waals surface area contributed by atoms with Gasteiger partial charge in [-0.25, -0.2) is 0 Å². The Morgan fingerprint density at radius 2 is 1.68 bits per heavy atom. The van der Waals surface area contributed by atoms with E-state index < -0.39 is 5.54 Å². The predicted molar refractivity (Wildman–Crippen MR) is 143 cm³/mol. The van der Waals surface area contributed by atoms with Gasteiger partial charge in [-0.3, -0.25) is 29.4 Å². The molecule has 188 valence electrons. The molecule has 1 aromatic heterocycles. The number of carbonyl (C=O) groups excluding carboxylic acids is 2. The van der Waals surface area contributed by atoms with Crippen molar-refractivity contribution in [3.63, 3.8) is 0 Å². The number of hydrogen-bond donors (Lipinski definition) is 0. The molecular weight excluding hydrogens is 462 g/mol. The van der Waals surface area contributed by atoms with Gasteiger partial charge in [0, 0.05) is 42.4 Å². The standard InChI is InChI=1S/C30H31N5O2/c36-28(23-7-8-23)34-16-15-33(19-34)20-35-27(32-30(29(35)37)12-1-2-13-30)22-5-3-21(4-6-22)24-9-10-26-18-31-14-11-25(26)17-24/h3-6,9-11,14,17-18,23H,1-2,7-8,12-13,15-16,19-20H2. The van der Waals surface area contributed by atoms with Crippen LogP contribution in [0.3, 0.4) is 0 Å². The van der Waals surface area contributed by atoms with E-state index >= 15 is 0 Å². The lowest BCUT2D eigenvalue weighted by Gasteiger charge is -2.27. The predicted octanol–water partition coefficient (Wildman–Crippen LogP) is 4.27. The summed E-state index contributed by atoms with van der Waals surface area (Å²) in [4.78, 5) is 41.7. The normalized spacial score (nSPS) is 21.4. The first-order valence-electron chi connectivity index (χ1n) is 13.5. The zero-order chi connectivity index (χ0) is 25.0. The molecule has 7 nitrogen and oxygen atoms in total. The molecule has 2 aromatic carbocycles. The van der Waals surface area contributed by atoms with Crippen molar-refractivity contribution in [3.05, 3.63) is 66.5 Å². The summed E-state index contributed by atoms with van der Waals surface area (Å²) in [5.41, 5.74) is 2.64. The summed E-state index contributed by atoms with van der Waals surface area (Å²) in [5.74, 6) is 1.40. The monoisotopic (exact) mass is 493 g/mol. The zero-order valence-corrected chi connectivity index (χ0v) is 21.0. The molecule has 3 fully saturated rings. The minimum atomic E-state index is -0.608. The highest BCUT2D eigenvalue weighted by atomic mass is 16.2. The number of hydrogen-bond acceptors (Lipinski definition) is 5. The first-order chi connectivity index (χ1) is 18.1. The Balaban J connectivity index is 1.15. The number of carbonyl (C=O) groups is 2. The van der Waals surface area contributed by atoms with Crippen molar-refractivity contribution < 1.29 is 9.59 Å². The number of nitrogens with zero attached hydrogens (tertiary/aromatic N) is 5. The third kappa shape index (κ3) is 4.02. The molecule has 4 aliphatic rings. The second-order valence-electron chi connectivity index (χ2n) is 11.0. The van der Waals surface area contributed by atoms with Crippen molar-refractivity contribution in [2.45, 2.75) is 44.1 Å². The lowest BCUT2D eigenvalue weighted by molar-refractivity contribution is -0.133. The van der Waals surface area contributed by atoms with Crippen LogP contribution in [0.2, 0.25) is 0 Å². The molecule has 7 rings (SSSR count). The first kappa shape index (κ1) is 22.6. The number of fused-ring (bicyclic) bond motifs is 1. The molecule has 0 unspecified atom stereocenters. The van der Waals surface area contributed by atoms with Crippen molar-refractivity contribution in [2.24, 2.45) is 10.9 Å². The third-order valence-electron chi connectivity index (χ3n) is 8.40. The van der Waals surface area contributed by atoms with Crippen LogP contribution in [0.15, 0.2) is 65.9 Å². The molecular formula is C30H31N5O2. The smallest absolute Gasteiger partial charge is 0.257 e. The van der Waals surface area contributed by atoms with Crippen LogP contribution in [0.4, 0.5) is 0 Å². The highest BCUT2D eigenvalue weighted by Crippen LogP contribution is 2.40. The van der Waals surface area contributed by atoms with Gasteiger partial charge < -0.3 is 4.90 Å². The number of benzene rings is 2. The van der Waals surface area contributed by atoms with Gasteiger partial charge in [0.05, 0.1) is 13.3 Å². The number of aliphatic imine (C=N–C) groups is 1. The average Bonchev–Trinajstić information content (AvgIpc) is 3.39. The fourth-order valence-corrected chi connectivity index (χ4v) is 6.10. The van der Waals surface area contributed by atoms with Gasteiger partial charge in [0.1, 0.15) is 11.4 Å². The van der Waals surface area contributed by atoms with Crippen molar-refractivity contribution in [2.75, 3.05) is 26.4 Å². The van der Waals surface area contributed by atoms with E-state index in [0.717, 1.165) is 84.9 Å². The molecule has 0 bridgehead atoms. The molecule has 2 aliphatic heterocycles. The van der Waals surface area contributed by atoms with Crippen LogP contribution in [0, 0.1) is 5.92 Å². The number of pyridine rings is 1. The van der Waals surface area contributed by atoms with Gasteiger partial charge >= 0.3 is 0 Å². The minimum absolute atomic E-state index is 0.124. The van der Waals surface area contributed by atoms with E-state index in [4.69, 9.17) is 4.99 Å². The van der Waals surface area contributed by atoms with Crippen molar-refractivity contribution in [1.29, 1.82) is 0 Å². The van der Waals surface area contributed by atoms with Crippen LogP contribution in [0.25, 0.3) is 21.9 Å². The second kappa shape index (κ2) is 8.77. The molecule has 7 heteroatoms. The minimum Gasteiger partial charge on any atom is -0.328 e. The third-order valence-corrected chi connectivity index (χ3v) is 8.40. The fourth-order valence-electron chi connectivity index (χ4n) is 6.10. The van der Waals surface area contributed by atoms with E-state index in [2.05, 4.69) is 52.3 Å². The molecule has 2 aliphatic carbocycles. The van der Waals surface area contributed by atoms with Gasteiger partial charge in [-0.15, -0.1) is 0 Å². The summed E-state index contributed by atoms with van der Waals surface area (Å²) in [6.45, 7) is 2.61. The summed E-state index contributed by atoms with van der Waals surface area (Å²) < 4.78 is 0. The highest BCUT2D eigenvalue weighted by molar-refractivity contribution is 6.15. The molecule has 0 radical (unpaired) electrons. The number of amidine groups is 1. The van der Waals surface area contributed by atoms with E-state index in [1.165, 1.54) is 0 Å². The average molecular weight is 494 g/mol. The van der Waals surface area contributed by atoms with Gasteiger partial charge in [0.2, 0.25) is 5.91 Å². The maximum absolute atomic E-state index is 13.7. The molecule has 1 saturated heterocycles. The van der Waals surface area contributed by atoms with Crippen LogP contribution >= 0.6 is 0 Å². The van der Waals surface area contributed by atoms with Gasteiger partial charge in [0.25, 0.3) is 5.91 Å². The van der Waals surface area contributed by atoms with Gasteiger partial charge in [-0.1, -0.05) is 49.2 Å². The largest absolute Gasteiger partial charge is 0.328 e. The summed E-state index contributed by atoms with van der Waals surface area (Å²) in [7, 11) is 0.